The van der Waals surface area contributed by atoms with Gasteiger partial charge in [-0.1, -0.05) is 45.0 Å². The van der Waals surface area contributed by atoms with Crippen molar-refractivity contribution in [2.24, 2.45) is 0 Å². The third-order valence-electron chi connectivity index (χ3n) is 6.41. The van der Waals surface area contributed by atoms with Crippen molar-refractivity contribution >= 4 is 11.8 Å². The SMILES string of the molecule is CC(C)(C)c1ccc(OCc2ccc(C(=O)N3CCN(C(=O)C4CCCO4)CC3)cc2)cc1. The quantitative estimate of drug-likeness (QED) is 0.690. The smallest absolute Gasteiger partial charge is 0.253 e. The Morgan fingerprint density at radius 1 is 0.939 bits per heavy atom. The second-order valence-corrected chi connectivity index (χ2v) is 9.88. The molecule has 0 spiro atoms. The molecule has 0 aliphatic carbocycles. The molecule has 2 aliphatic rings. The van der Waals surface area contributed by atoms with Crippen LogP contribution >= 0.6 is 0 Å². The van der Waals surface area contributed by atoms with Gasteiger partial charge in [-0.15, -0.1) is 0 Å². The first-order valence-electron chi connectivity index (χ1n) is 11.8. The molecule has 0 saturated carbocycles. The second-order valence-electron chi connectivity index (χ2n) is 9.88. The number of carbonyl (C=O) groups is 2. The molecule has 2 fully saturated rings. The van der Waals surface area contributed by atoms with Crippen molar-refractivity contribution in [3.63, 3.8) is 0 Å². The molecular weight excluding hydrogens is 416 g/mol. The van der Waals surface area contributed by atoms with Crippen LogP contribution < -0.4 is 4.74 Å². The molecule has 2 aromatic rings. The number of benzene rings is 2. The number of hydrogen-bond donors (Lipinski definition) is 0. The molecule has 0 N–H and O–H groups in total. The average molecular weight is 451 g/mol. The maximum absolute atomic E-state index is 12.9. The lowest BCUT2D eigenvalue weighted by molar-refractivity contribution is -0.142. The molecule has 2 aromatic carbocycles. The van der Waals surface area contributed by atoms with E-state index in [0.29, 0.717) is 45.0 Å². The number of carbonyl (C=O) groups excluding carboxylic acids is 2. The van der Waals surface area contributed by atoms with Gasteiger partial charge in [-0.05, 0) is 53.6 Å². The molecule has 0 bridgehead atoms. The van der Waals surface area contributed by atoms with Crippen molar-refractivity contribution < 1.29 is 19.1 Å². The van der Waals surface area contributed by atoms with Crippen LogP contribution in [-0.4, -0.2) is 60.5 Å². The van der Waals surface area contributed by atoms with Gasteiger partial charge in [0.1, 0.15) is 18.5 Å². The van der Waals surface area contributed by atoms with E-state index in [9.17, 15) is 9.59 Å². The van der Waals surface area contributed by atoms with Crippen LogP contribution in [0.15, 0.2) is 48.5 Å². The highest BCUT2D eigenvalue weighted by atomic mass is 16.5. The number of amides is 2. The summed E-state index contributed by atoms with van der Waals surface area (Å²) in [6.07, 6.45) is 1.45. The van der Waals surface area contributed by atoms with Crippen LogP contribution in [0, 0.1) is 0 Å². The molecule has 6 nitrogen and oxygen atoms in total. The van der Waals surface area contributed by atoms with Gasteiger partial charge in [0.05, 0.1) is 0 Å². The van der Waals surface area contributed by atoms with Gasteiger partial charge >= 0.3 is 0 Å². The Bertz CT molecular complexity index is 949. The van der Waals surface area contributed by atoms with Crippen molar-refractivity contribution in [2.75, 3.05) is 32.8 Å². The molecule has 1 unspecified atom stereocenters. The second kappa shape index (κ2) is 9.96. The maximum atomic E-state index is 12.9. The molecule has 4 rings (SSSR count). The summed E-state index contributed by atoms with van der Waals surface area (Å²) in [4.78, 5) is 29.0. The lowest BCUT2D eigenvalue weighted by Gasteiger charge is -2.35. The largest absolute Gasteiger partial charge is 0.489 e. The Kier molecular flexibility index (Phi) is 7.03. The van der Waals surface area contributed by atoms with Crippen LogP contribution in [0.25, 0.3) is 0 Å². The third kappa shape index (κ3) is 5.74. The molecule has 6 heteroatoms. The summed E-state index contributed by atoms with van der Waals surface area (Å²) in [6.45, 7) is 9.91. The highest BCUT2D eigenvalue weighted by Crippen LogP contribution is 2.24. The maximum Gasteiger partial charge on any atom is 0.253 e. The van der Waals surface area contributed by atoms with Crippen molar-refractivity contribution in [1.29, 1.82) is 0 Å². The highest BCUT2D eigenvalue weighted by Gasteiger charge is 2.31. The van der Waals surface area contributed by atoms with E-state index in [2.05, 4.69) is 32.9 Å². The van der Waals surface area contributed by atoms with Gasteiger partial charge in [0, 0.05) is 38.3 Å². The van der Waals surface area contributed by atoms with E-state index in [1.165, 1.54) is 5.56 Å². The summed E-state index contributed by atoms with van der Waals surface area (Å²) in [6, 6.07) is 15.8. The number of piperazine rings is 1. The van der Waals surface area contributed by atoms with Gasteiger partial charge in [0.15, 0.2) is 0 Å². The fraction of sp³-hybridized carbons (Fsp3) is 0.481. The summed E-state index contributed by atoms with van der Waals surface area (Å²) in [5, 5.41) is 0. The van der Waals surface area contributed by atoms with Crippen LogP contribution in [-0.2, 0) is 21.6 Å². The summed E-state index contributed by atoms with van der Waals surface area (Å²) >= 11 is 0. The number of nitrogens with zero attached hydrogens (tertiary/aromatic N) is 2. The first-order valence-corrected chi connectivity index (χ1v) is 11.8. The first kappa shape index (κ1) is 23.3. The minimum atomic E-state index is -0.293. The Morgan fingerprint density at radius 3 is 2.15 bits per heavy atom. The third-order valence-corrected chi connectivity index (χ3v) is 6.41. The Labute approximate surface area is 196 Å². The number of hydrogen-bond acceptors (Lipinski definition) is 4. The zero-order valence-corrected chi connectivity index (χ0v) is 19.9. The Balaban J connectivity index is 1.26. The van der Waals surface area contributed by atoms with E-state index in [0.717, 1.165) is 24.2 Å². The highest BCUT2D eigenvalue weighted by molar-refractivity contribution is 5.94. The van der Waals surface area contributed by atoms with E-state index in [-0.39, 0.29) is 23.3 Å². The number of rotatable bonds is 5. The van der Waals surface area contributed by atoms with E-state index >= 15 is 0 Å². The predicted octanol–water partition coefficient (Wildman–Crippen LogP) is 4.03. The molecule has 0 radical (unpaired) electrons. The zero-order chi connectivity index (χ0) is 23.4. The summed E-state index contributed by atoms with van der Waals surface area (Å²) in [5.74, 6) is 0.903. The fourth-order valence-corrected chi connectivity index (χ4v) is 4.25. The molecule has 2 saturated heterocycles. The van der Waals surface area contributed by atoms with Crippen molar-refractivity contribution in [3.05, 3.63) is 65.2 Å². The molecule has 0 aromatic heterocycles. The first-order chi connectivity index (χ1) is 15.8. The van der Waals surface area contributed by atoms with Gasteiger partial charge in [0.25, 0.3) is 11.8 Å². The summed E-state index contributed by atoms with van der Waals surface area (Å²) in [7, 11) is 0. The van der Waals surface area contributed by atoms with Gasteiger partial charge in [-0.3, -0.25) is 9.59 Å². The molecule has 33 heavy (non-hydrogen) atoms. The van der Waals surface area contributed by atoms with Crippen molar-refractivity contribution in [3.8, 4) is 5.75 Å². The van der Waals surface area contributed by atoms with Crippen LogP contribution in [0.2, 0.25) is 0 Å². The van der Waals surface area contributed by atoms with Crippen LogP contribution in [0.4, 0.5) is 0 Å². The van der Waals surface area contributed by atoms with Gasteiger partial charge in [-0.2, -0.15) is 0 Å². The Morgan fingerprint density at radius 2 is 1.58 bits per heavy atom. The van der Waals surface area contributed by atoms with E-state index in [1.807, 2.05) is 46.2 Å². The molecular formula is C27H34N2O4. The lowest BCUT2D eigenvalue weighted by Crippen LogP contribution is -2.52. The summed E-state index contributed by atoms with van der Waals surface area (Å²) in [5.41, 5.74) is 3.06. The zero-order valence-electron chi connectivity index (χ0n) is 19.9. The van der Waals surface area contributed by atoms with Crippen LogP contribution in [0.3, 0.4) is 0 Å². The van der Waals surface area contributed by atoms with Crippen molar-refractivity contribution in [1.82, 2.24) is 9.80 Å². The van der Waals surface area contributed by atoms with Gasteiger partial charge in [0.2, 0.25) is 0 Å². The fourth-order valence-electron chi connectivity index (χ4n) is 4.25. The molecule has 2 aliphatic heterocycles. The molecule has 176 valence electrons. The van der Waals surface area contributed by atoms with E-state index in [1.54, 1.807) is 0 Å². The van der Waals surface area contributed by atoms with E-state index < -0.39 is 0 Å². The standard InChI is InChI=1S/C27H34N2O4/c1-27(2,3)22-10-12-23(13-11-22)33-19-20-6-8-21(9-7-20)25(30)28-14-16-29(17-15-28)26(31)24-5-4-18-32-24/h6-13,24H,4-5,14-19H2,1-3H3. The summed E-state index contributed by atoms with van der Waals surface area (Å²) < 4.78 is 11.4. The van der Waals surface area contributed by atoms with Gasteiger partial charge < -0.3 is 19.3 Å². The predicted molar refractivity (Wildman–Crippen MR) is 127 cm³/mol. The van der Waals surface area contributed by atoms with Crippen molar-refractivity contribution in [2.45, 2.75) is 51.7 Å². The van der Waals surface area contributed by atoms with Gasteiger partial charge in [-0.25, -0.2) is 0 Å². The molecule has 2 heterocycles. The topological polar surface area (TPSA) is 59.1 Å². The normalized spacial score (nSPS) is 18.9. The van der Waals surface area contributed by atoms with Crippen LogP contribution in [0.5, 0.6) is 5.75 Å². The molecule has 1 atom stereocenters. The molecule has 2 amide bonds. The Hall–Kier alpha value is -2.86. The number of ether oxygens (including phenoxy) is 2. The lowest BCUT2D eigenvalue weighted by atomic mass is 9.87. The van der Waals surface area contributed by atoms with Crippen LogP contribution in [0.1, 0.15) is 55.1 Å². The average Bonchev–Trinajstić information content (AvgIpc) is 3.37. The van der Waals surface area contributed by atoms with E-state index in [4.69, 9.17) is 9.47 Å². The minimum Gasteiger partial charge on any atom is -0.489 e. The minimum absolute atomic E-state index is 0.00412. The monoisotopic (exact) mass is 450 g/mol.